The van der Waals surface area contributed by atoms with Crippen molar-refractivity contribution in [2.45, 2.75) is 18.3 Å². The molecule has 0 atom stereocenters. The lowest BCUT2D eigenvalue weighted by molar-refractivity contribution is -0.121. The molecule has 28 heavy (non-hydrogen) atoms. The van der Waals surface area contributed by atoms with Crippen LogP contribution in [0.15, 0.2) is 54.7 Å². The van der Waals surface area contributed by atoms with Crippen LogP contribution in [-0.2, 0) is 20.2 Å². The molecule has 4 rings (SSSR count). The van der Waals surface area contributed by atoms with Crippen molar-refractivity contribution in [1.82, 2.24) is 14.5 Å². The Morgan fingerprint density at radius 2 is 1.68 bits per heavy atom. The van der Waals surface area contributed by atoms with E-state index in [-0.39, 0.29) is 0 Å². The van der Waals surface area contributed by atoms with Gasteiger partial charge in [0.05, 0.1) is 23.6 Å². The Bertz CT molecular complexity index is 1130. The van der Waals surface area contributed by atoms with Gasteiger partial charge in [-0.2, -0.15) is 5.10 Å². The highest BCUT2D eigenvalue weighted by Gasteiger charge is 2.51. The van der Waals surface area contributed by atoms with Crippen LogP contribution < -0.4 is 4.72 Å². The van der Waals surface area contributed by atoms with Crippen LogP contribution >= 0.6 is 0 Å². The van der Waals surface area contributed by atoms with Gasteiger partial charge in [0, 0.05) is 0 Å². The van der Waals surface area contributed by atoms with Crippen LogP contribution in [-0.4, -0.2) is 30.4 Å². The number of hydrogen-bond acceptors (Lipinski definition) is 4. The fourth-order valence-corrected chi connectivity index (χ4v) is 3.75. The number of halogens is 1. The van der Waals surface area contributed by atoms with E-state index in [1.807, 2.05) is 48.5 Å². The SMILES string of the molecule is CS(=O)(=O)NC(=O)C1(c2ccc(-c3ccc(-n4[c]c(F)cn4)cc3)cc2)CC1. The summed E-state index contributed by atoms with van der Waals surface area (Å²) in [5.74, 6) is -0.997. The van der Waals surface area contributed by atoms with Crippen LogP contribution in [0.4, 0.5) is 4.39 Å². The molecule has 0 aliphatic heterocycles. The maximum Gasteiger partial charge on any atom is 0.244 e. The second-order valence-corrected chi connectivity index (χ2v) is 8.67. The molecule has 8 heteroatoms. The average molecular weight is 398 g/mol. The molecule has 0 saturated heterocycles. The molecule has 1 fully saturated rings. The monoisotopic (exact) mass is 398 g/mol. The third-order valence-electron chi connectivity index (χ3n) is 4.84. The lowest BCUT2D eigenvalue weighted by Gasteiger charge is -2.15. The van der Waals surface area contributed by atoms with Crippen molar-refractivity contribution in [3.8, 4) is 16.8 Å². The summed E-state index contributed by atoms with van der Waals surface area (Å²) in [6, 6.07) is 14.9. The fourth-order valence-electron chi connectivity index (χ4n) is 3.21. The highest BCUT2D eigenvalue weighted by Crippen LogP contribution is 2.48. The quantitative estimate of drug-likeness (QED) is 0.716. The summed E-state index contributed by atoms with van der Waals surface area (Å²) >= 11 is 0. The number of rotatable bonds is 5. The van der Waals surface area contributed by atoms with Gasteiger partial charge in [0.1, 0.15) is 6.20 Å². The summed E-state index contributed by atoms with van der Waals surface area (Å²) in [5.41, 5.74) is 2.64. The Morgan fingerprint density at radius 3 is 2.14 bits per heavy atom. The molecule has 1 heterocycles. The number of hydrogen-bond donors (Lipinski definition) is 1. The number of aromatic nitrogens is 2. The summed E-state index contributed by atoms with van der Waals surface area (Å²) in [7, 11) is -3.58. The van der Waals surface area contributed by atoms with E-state index in [1.165, 1.54) is 4.68 Å². The van der Waals surface area contributed by atoms with Gasteiger partial charge >= 0.3 is 0 Å². The molecule has 1 aliphatic carbocycles. The molecule has 1 saturated carbocycles. The van der Waals surface area contributed by atoms with Crippen molar-refractivity contribution < 1.29 is 17.6 Å². The standard InChI is InChI=1S/C20H17FN3O3S/c1-28(26,27)23-19(25)20(10-11-20)16-6-2-14(3-7-16)15-4-8-18(9-5-15)24-13-17(21)12-22-24/h2-9,12H,10-11H2,1H3,(H,23,25). The maximum atomic E-state index is 13.0. The van der Waals surface area contributed by atoms with E-state index in [4.69, 9.17) is 0 Å². The molecule has 143 valence electrons. The first-order valence-electron chi connectivity index (χ1n) is 8.63. The van der Waals surface area contributed by atoms with Crippen LogP contribution in [0.1, 0.15) is 18.4 Å². The van der Waals surface area contributed by atoms with Crippen LogP contribution in [0.5, 0.6) is 0 Å². The average Bonchev–Trinajstić information content (AvgIpc) is 3.36. The van der Waals surface area contributed by atoms with Gasteiger partial charge in [-0.1, -0.05) is 36.4 Å². The van der Waals surface area contributed by atoms with Gasteiger partial charge < -0.3 is 0 Å². The number of carbonyl (C=O) groups excluding carboxylic acids is 1. The predicted molar refractivity (Wildman–Crippen MR) is 102 cm³/mol. The summed E-state index contributed by atoms with van der Waals surface area (Å²) in [6.45, 7) is 0. The van der Waals surface area contributed by atoms with E-state index in [0.717, 1.165) is 29.1 Å². The Labute approximate surface area is 162 Å². The minimum absolute atomic E-state index is 0.477. The first-order chi connectivity index (χ1) is 13.3. The molecule has 1 radical (unpaired) electrons. The molecule has 3 aromatic rings. The molecule has 1 aliphatic rings. The zero-order chi connectivity index (χ0) is 19.9. The van der Waals surface area contributed by atoms with E-state index >= 15 is 0 Å². The molecule has 0 bridgehead atoms. The van der Waals surface area contributed by atoms with E-state index in [1.54, 1.807) is 0 Å². The molecular weight excluding hydrogens is 381 g/mol. The van der Waals surface area contributed by atoms with Crippen molar-refractivity contribution in [2.24, 2.45) is 0 Å². The van der Waals surface area contributed by atoms with Gasteiger partial charge in [0.15, 0.2) is 5.82 Å². The summed E-state index contributed by atoms with van der Waals surface area (Å²) in [5, 5.41) is 3.88. The van der Waals surface area contributed by atoms with Gasteiger partial charge in [-0.3, -0.25) is 9.52 Å². The lowest BCUT2D eigenvalue weighted by Crippen LogP contribution is -2.38. The molecule has 0 spiro atoms. The summed E-state index contributed by atoms with van der Waals surface area (Å²) < 4.78 is 39.2. The van der Waals surface area contributed by atoms with Crippen LogP contribution in [0.3, 0.4) is 0 Å². The number of nitrogens with one attached hydrogen (secondary N) is 1. The Kier molecular flexibility index (Phi) is 4.30. The van der Waals surface area contributed by atoms with Crippen molar-refractivity contribution >= 4 is 15.9 Å². The minimum atomic E-state index is -3.58. The van der Waals surface area contributed by atoms with Crippen LogP contribution in [0, 0.1) is 12.0 Å². The highest BCUT2D eigenvalue weighted by atomic mass is 32.2. The molecule has 6 nitrogen and oxygen atoms in total. The second kappa shape index (κ2) is 6.56. The van der Waals surface area contributed by atoms with Gasteiger partial charge in [0.2, 0.25) is 15.9 Å². The topological polar surface area (TPSA) is 81.1 Å². The van der Waals surface area contributed by atoms with E-state index in [0.29, 0.717) is 18.5 Å². The third-order valence-corrected chi connectivity index (χ3v) is 5.40. The number of benzene rings is 2. The van der Waals surface area contributed by atoms with Gasteiger partial charge in [-0.15, -0.1) is 0 Å². The van der Waals surface area contributed by atoms with Crippen molar-refractivity contribution in [2.75, 3.05) is 6.26 Å². The number of sulfonamides is 1. The lowest BCUT2D eigenvalue weighted by atomic mass is 9.93. The Morgan fingerprint density at radius 1 is 1.11 bits per heavy atom. The van der Waals surface area contributed by atoms with Gasteiger partial charge in [-0.05, 0) is 41.7 Å². The fraction of sp³-hybridized carbons (Fsp3) is 0.200. The largest absolute Gasteiger partial charge is 0.273 e. The van der Waals surface area contributed by atoms with Crippen LogP contribution in [0.2, 0.25) is 0 Å². The smallest absolute Gasteiger partial charge is 0.244 e. The molecule has 0 unspecified atom stereocenters. The van der Waals surface area contributed by atoms with Crippen molar-refractivity contribution in [3.05, 3.63) is 72.3 Å². The van der Waals surface area contributed by atoms with Crippen molar-refractivity contribution in [3.63, 3.8) is 0 Å². The number of nitrogens with zero attached hydrogens (tertiary/aromatic N) is 2. The van der Waals surface area contributed by atoms with E-state index in [2.05, 4.69) is 16.0 Å². The highest BCUT2D eigenvalue weighted by molar-refractivity contribution is 7.89. The summed E-state index contributed by atoms with van der Waals surface area (Å²) in [6.07, 6.45) is 5.79. The molecule has 1 amide bonds. The zero-order valence-corrected chi connectivity index (χ0v) is 15.8. The number of carbonyl (C=O) groups is 1. The first kappa shape index (κ1) is 18.4. The Hall–Kier alpha value is -3.00. The molecule has 2 aromatic carbocycles. The van der Waals surface area contributed by atoms with Gasteiger partial charge in [0.25, 0.3) is 0 Å². The predicted octanol–water partition coefficient (Wildman–Crippen LogP) is 2.59. The number of amides is 1. The van der Waals surface area contributed by atoms with Gasteiger partial charge in [-0.25, -0.2) is 17.5 Å². The third kappa shape index (κ3) is 3.55. The first-order valence-corrected chi connectivity index (χ1v) is 10.5. The molecule has 1 N–H and O–H groups in total. The van der Waals surface area contributed by atoms with Crippen LogP contribution in [0.25, 0.3) is 16.8 Å². The van der Waals surface area contributed by atoms with Crippen molar-refractivity contribution in [1.29, 1.82) is 0 Å². The summed E-state index contributed by atoms with van der Waals surface area (Å²) in [4.78, 5) is 12.3. The second-order valence-electron chi connectivity index (χ2n) is 6.93. The normalized spacial score (nSPS) is 15.2. The Balaban J connectivity index is 1.54. The minimum Gasteiger partial charge on any atom is -0.273 e. The van der Waals surface area contributed by atoms with E-state index in [9.17, 15) is 17.6 Å². The molecular formula is C20H17FN3O3S. The maximum absolute atomic E-state index is 13.0. The zero-order valence-electron chi connectivity index (χ0n) is 15.0. The molecule has 1 aromatic heterocycles. The van der Waals surface area contributed by atoms with E-state index < -0.39 is 27.2 Å².